The topological polar surface area (TPSA) is 20.2 Å². The predicted molar refractivity (Wildman–Crippen MR) is 63.7 cm³/mol. The van der Waals surface area contributed by atoms with Gasteiger partial charge >= 0.3 is 99.4 Å². The molecule has 0 amide bonds. The first-order valence-electron chi connectivity index (χ1n) is 5.19. The van der Waals surface area contributed by atoms with Crippen molar-refractivity contribution in [3.05, 3.63) is 42.0 Å². The van der Waals surface area contributed by atoms with E-state index in [1.54, 1.807) is 0 Å². The zero-order valence-corrected chi connectivity index (χ0v) is 10.6. The van der Waals surface area contributed by atoms with E-state index < -0.39 is 0 Å². The summed E-state index contributed by atoms with van der Waals surface area (Å²) < 4.78 is 2.69. The van der Waals surface area contributed by atoms with E-state index in [0.29, 0.717) is 0 Å². The van der Waals surface area contributed by atoms with E-state index in [9.17, 15) is 5.11 Å². The van der Waals surface area contributed by atoms with E-state index in [0.717, 1.165) is 6.42 Å². The van der Waals surface area contributed by atoms with Gasteiger partial charge in [0.2, 0.25) is 0 Å². The normalized spacial score (nSPS) is 20.2. The standard InChI is InChI=1S/C13H12OTe/c14-11-7-8-15-12-6-5-9-3-1-2-4-10(9)13(11)12/h1-6,11,14H,7-8H2. The predicted octanol–water partition coefficient (Wildman–Crippen LogP) is 2.02. The first-order valence-corrected chi connectivity index (χ1v) is 8.00. The van der Waals surface area contributed by atoms with Gasteiger partial charge in [-0.15, -0.1) is 0 Å². The quantitative estimate of drug-likeness (QED) is 0.738. The van der Waals surface area contributed by atoms with E-state index >= 15 is 0 Å². The summed E-state index contributed by atoms with van der Waals surface area (Å²) in [5.74, 6) is 0. The van der Waals surface area contributed by atoms with Crippen LogP contribution in [0.5, 0.6) is 0 Å². The molecule has 2 aromatic rings. The molecule has 0 radical (unpaired) electrons. The first-order chi connectivity index (χ1) is 7.36. The summed E-state index contributed by atoms with van der Waals surface area (Å²) in [4.78, 5) is 0. The third-order valence-corrected chi connectivity index (χ3v) is 6.07. The van der Waals surface area contributed by atoms with Crippen molar-refractivity contribution in [3.8, 4) is 0 Å². The van der Waals surface area contributed by atoms with Crippen molar-refractivity contribution in [2.24, 2.45) is 0 Å². The molecule has 1 nitrogen and oxygen atoms in total. The molecular formula is C13H12OTe. The van der Waals surface area contributed by atoms with Crippen LogP contribution in [0.3, 0.4) is 0 Å². The van der Waals surface area contributed by atoms with E-state index in [1.165, 1.54) is 24.4 Å². The Morgan fingerprint density at radius 1 is 1.13 bits per heavy atom. The molecule has 0 bridgehead atoms. The van der Waals surface area contributed by atoms with Crippen LogP contribution in [0.4, 0.5) is 0 Å². The Kier molecular flexibility index (Phi) is 2.44. The minimum absolute atomic E-state index is 0.0444. The van der Waals surface area contributed by atoms with Gasteiger partial charge in [0.1, 0.15) is 0 Å². The average molecular weight is 312 g/mol. The molecule has 2 heteroatoms. The Labute approximate surface area is 99.2 Å². The van der Waals surface area contributed by atoms with E-state index in [2.05, 4.69) is 36.4 Å². The molecule has 1 atom stereocenters. The summed E-state index contributed by atoms with van der Waals surface area (Å²) in [7, 11) is 0. The third-order valence-electron chi connectivity index (χ3n) is 2.91. The molecule has 76 valence electrons. The molecule has 2 aromatic carbocycles. The van der Waals surface area contributed by atoms with Gasteiger partial charge in [0, 0.05) is 0 Å². The molecular weight excluding hydrogens is 300 g/mol. The van der Waals surface area contributed by atoms with Gasteiger partial charge in [0.05, 0.1) is 0 Å². The summed E-state index contributed by atoms with van der Waals surface area (Å²) in [5, 5.41) is 12.6. The fourth-order valence-corrected chi connectivity index (χ4v) is 5.39. The van der Waals surface area contributed by atoms with E-state index in [1.807, 2.05) is 0 Å². The third kappa shape index (κ3) is 1.58. The summed E-state index contributed by atoms with van der Waals surface area (Å²) in [6, 6.07) is 12.8. The number of aliphatic hydroxyl groups is 1. The Morgan fingerprint density at radius 3 is 2.93 bits per heavy atom. The Balaban J connectivity index is 2.35. The second-order valence-corrected chi connectivity index (χ2v) is 7.10. The van der Waals surface area contributed by atoms with Crippen LogP contribution in [0, 0.1) is 0 Å². The van der Waals surface area contributed by atoms with Crippen LogP contribution >= 0.6 is 0 Å². The van der Waals surface area contributed by atoms with Crippen LogP contribution in [0.15, 0.2) is 36.4 Å². The summed E-state index contributed by atoms with van der Waals surface area (Å²) in [6.07, 6.45) is 0.730. The molecule has 15 heavy (non-hydrogen) atoms. The van der Waals surface area contributed by atoms with Crippen molar-refractivity contribution < 1.29 is 5.11 Å². The Bertz CT molecular complexity index is 507. The molecule has 0 saturated carbocycles. The molecule has 0 fully saturated rings. The van der Waals surface area contributed by atoms with Crippen LogP contribution < -0.4 is 3.61 Å². The van der Waals surface area contributed by atoms with Gasteiger partial charge in [-0.1, -0.05) is 0 Å². The summed E-state index contributed by atoms with van der Waals surface area (Å²) in [6.45, 7) is 0. The number of rotatable bonds is 0. The van der Waals surface area contributed by atoms with Crippen molar-refractivity contribution >= 4 is 35.3 Å². The van der Waals surface area contributed by atoms with Crippen LogP contribution in [0.1, 0.15) is 18.1 Å². The second kappa shape index (κ2) is 3.79. The van der Waals surface area contributed by atoms with E-state index in [4.69, 9.17) is 0 Å². The molecule has 1 heterocycles. The van der Waals surface area contributed by atoms with Crippen molar-refractivity contribution in [1.29, 1.82) is 0 Å². The fourth-order valence-electron chi connectivity index (χ4n) is 2.17. The van der Waals surface area contributed by atoms with Crippen LogP contribution in [-0.2, 0) is 0 Å². The maximum absolute atomic E-state index is 10.1. The molecule has 1 unspecified atom stereocenters. The van der Waals surface area contributed by atoms with Gasteiger partial charge in [-0.05, 0) is 0 Å². The number of benzene rings is 2. The molecule has 1 N–H and O–H groups in total. The molecule has 1 aliphatic rings. The summed E-state index contributed by atoms with van der Waals surface area (Å²) >= 11 is -0.0444. The van der Waals surface area contributed by atoms with Crippen LogP contribution in [-0.4, -0.2) is 26.0 Å². The van der Waals surface area contributed by atoms with Gasteiger partial charge in [-0.2, -0.15) is 0 Å². The zero-order chi connectivity index (χ0) is 10.3. The minimum atomic E-state index is -0.232. The van der Waals surface area contributed by atoms with Gasteiger partial charge in [-0.25, -0.2) is 0 Å². The van der Waals surface area contributed by atoms with Gasteiger partial charge < -0.3 is 0 Å². The average Bonchev–Trinajstić information content (AvgIpc) is 2.29. The van der Waals surface area contributed by atoms with Gasteiger partial charge in [0.15, 0.2) is 0 Å². The number of fused-ring (bicyclic) bond motifs is 3. The molecule has 1 aliphatic heterocycles. The monoisotopic (exact) mass is 314 g/mol. The van der Waals surface area contributed by atoms with E-state index in [-0.39, 0.29) is 27.0 Å². The van der Waals surface area contributed by atoms with Crippen LogP contribution in [0.25, 0.3) is 10.8 Å². The van der Waals surface area contributed by atoms with Crippen molar-refractivity contribution in [3.63, 3.8) is 0 Å². The van der Waals surface area contributed by atoms with Crippen molar-refractivity contribution in [1.82, 2.24) is 0 Å². The molecule has 0 aromatic heterocycles. The summed E-state index contributed by atoms with van der Waals surface area (Å²) in [5.41, 5.74) is 1.22. The Hall–Kier alpha value is -0.550. The van der Waals surface area contributed by atoms with Crippen LogP contribution in [0.2, 0.25) is 4.47 Å². The van der Waals surface area contributed by atoms with Crippen molar-refractivity contribution in [2.75, 3.05) is 0 Å². The fraction of sp³-hybridized carbons (Fsp3) is 0.231. The Morgan fingerprint density at radius 2 is 2.00 bits per heavy atom. The van der Waals surface area contributed by atoms with Crippen molar-refractivity contribution in [2.45, 2.75) is 17.0 Å². The number of hydrogen-bond donors (Lipinski definition) is 1. The SMILES string of the molecule is OC1CC[Te]c2ccc3ccccc3c21. The molecule has 0 saturated heterocycles. The molecule has 0 aliphatic carbocycles. The van der Waals surface area contributed by atoms with Gasteiger partial charge in [0.25, 0.3) is 0 Å². The molecule has 0 spiro atoms. The number of hydrogen-bond acceptors (Lipinski definition) is 1. The number of aliphatic hydroxyl groups excluding tert-OH is 1. The second-order valence-electron chi connectivity index (χ2n) is 3.85. The zero-order valence-electron chi connectivity index (χ0n) is 8.31. The maximum atomic E-state index is 10.1. The molecule has 3 rings (SSSR count). The van der Waals surface area contributed by atoms with Gasteiger partial charge in [-0.3, -0.25) is 0 Å². The first kappa shape index (κ1) is 9.66.